The molecule has 0 N–H and O–H groups in total. The molecule has 1 aromatic carbocycles. The summed E-state index contributed by atoms with van der Waals surface area (Å²) in [7, 11) is 0. The third-order valence-corrected chi connectivity index (χ3v) is 3.58. The Morgan fingerprint density at radius 3 is 2.37 bits per heavy atom. The second-order valence-corrected chi connectivity index (χ2v) is 5.02. The molecule has 1 amide bonds. The maximum atomic E-state index is 12.0. The monoisotopic (exact) mass is 260 g/mol. The minimum Gasteiger partial charge on any atom is -0.343 e. The first-order chi connectivity index (χ1) is 9.19. The van der Waals surface area contributed by atoms with Crippen LogP contribution >= 0.6 is 0 Å². The normalized spacial score (nSPS) is 16.4. The van der Waals surface area contributed by atoms with Crippen LogP contribution in [0.25, 0.3) is 0 Å². The smallest absolute Gasteiger partial charge is 0.209 e. The number of hydrogen-bond donors (Lipinski definition) is 0. The third kappa shape index (κ3) is 3.89. The molecular formula is C15H20N2O2. The predicted molar refractivity (Wildman–Crippen MR) is 74.2 cm³/mol. The summed E-state index contributed by atoms with van der Waals surface area (Å²) >= 11 is 0. The summed E-state index contributed by atoms with van der Waals surface area (Å²) in [6, 6.07) is 7.72. The number of ketones is 1. The van der Waals surface area contributed by atoms with Gasteiger partial charge < -0.3 is 4.90 Å². The molecule has 0 spiro atoms. The first-order valence-corrected chi connectivity index (χ1v) is 6.70. The topological polar surface area (TPSA) is 40.6 Å². The van der Waals surface area contributed by atoms with Crippen molar-refractivity contribution < 1.29 is 9.59 Å². The van der Waals surface area contributed by atoms with Crippen molar-refractivity contribution in [2.75, 3.05) is 32.7 Å². The standard InChI is InChI=1S/C15H20N2O2/c1-13-2-4-14(5-3-13)15(19)6-7-16-8-10-17(12-18)11-9-16/h2-5,12H,6-11H2,1H3. The van der Waals surface area contributed by atoms with E-state index in [0.717, 1.165) is 44.7 Å². The van der Waals surface area contributed by atoms with Gasteiger partial charge in [0.2, 0.25) is 6.41 Å². The maximum Gasteiger partial charge on any atom is 0.209 e. The van der Waals surface area contributed by atoms with E-state index in [-0.39, 0.29) is 5.78 Å². The summed E-state index contributed by atoms with van der Waals surface area (Å²) in [4.78, 5) is 26.6. The molecule has 2 rings (SSSR count). The van der Waals surface area contributed by atoms with Gasteiger partial charge in [0.25, 0.3) is 0 Å². The number of nitrogens with zero attached hydrogens (tertiary/aromatic N) is 2. The van der Waals surface area contributed by atoms with E-state index < -0.39 is 0 Å². The van der Waals surface area contributed by atoms with Gasteiger partial charge >= 0.3 is 0 Å². The highest BCUT2D eigenvalue weighted by molar-refractivity contribution is 5.96. The van der Waals surface area contributed by atoms with E-state index in [1.807, 2.05) is 31.2 Å². The third-order valence-electron chi connectivity index (χ3n) is 3.58. The van der Waals surface area contributed by atoms with Crippen LogP contribution in [0.5, 0.6) is 0 Å². The van der Waals surface area contributed by atoms with Crippen molar-refractivity contribution in [1.29, 1.82) is 0 Å². The van der Waals surface area contributed by atoms with Crippen LogP contribution in [0.2, 0.25) is 0 Å². The molecule has 0 atom stereocenters. The van der Waals surface area contributed by atoms with Gasteiger partial charge in [-0.1, -0.05) is 29.8 Å². The molecule has 0 aliphatic carbocycles. The van der Waals surface area contributed by atoms with Crippen LogP contribution < -0.4 is 0 Å². The molecule has 4 nitrogen and oxygen atoms in total. The number of carbonyl (C=O) groups is 2. The number of carbonyl (C=O) groups excluding carboxylic acids is 2. The predicted octanol–water partition coefficient (Wildman–Crippen LogP) is 1.34. The van der Waals surface area contributed by atoms with Gasteiger partial charge in [-0.3, -0.25) is 14.5 Å². The molecule has 19 heavy (non-hydrogen) atoms. The molecule has 0 saturated carbocycles. The van der Waals surface area contributed by atoms with Gasteiger partial charge in [-0.15, -0.1) is 0 Å². The molecule has 1 aliphatic heterocycles. The largest absolute Gasteiger partial charge is 0.343 e. The maximum absolute atomic E-state index is 12.0. The van der Waals surface area contributed by atoms with E-state index in [0.29, 0.717) is 6.42 Å². The van der Waals surface area contributed by atoms with E-state index in [4.69, 9.17) is 0 Å². The van der Waals surface area contributed by atoms with Crippen LogP contribution in [-0.2, 0) is 4.79 Å². The minimum absolute atomic E-state index is 0.192. The zero-order valence-corrected chi connectivity index (χ0v) is 11.3. The lowest BCUT2D eigenvalue weighted by Gasteiger charge is -2.32. The van der Waals surface area contributed by atoms with Gasteiger partial charge in [-0.05, 0) is 6.92 Å². The van der Waals surface area contributed by atoms with Gasteiger partial charge in [0.05, 0.1) is 0 Å². The van der Waals surface area contributed by atoms with E-state index >= 15 is 0 Å². The Labute approximate surface area is 114 Å². The summed E-state index contributed by atoms with van der Waals surface area (Å²) in [5, 5.41) is 0. The zero-order chi connectivity index (χ0) is 13.7. The van der Waals surface area contributed by atoms with Crippen molar-refractivity contribution in [3.63, 3.8) is 0 Å². The van der Waals surface area contributed by atoms with Crippen LogP contribution in [-0.4, -0.2) is 54.7 Å². The number of benzene rings is 1. The van der Waals surface area contributed by atoms with Crippen molar-refractivity contribution in [2.45, 2.75) is 13.3 Å². The molecule has 1 fully saturated rings. The van der Waals surface area contributed by atoms with E-state index in [1.54, 1.807) is 4.90 Å². The lowest BCUT2D eigenvalue weighted by molar-refractivity contribution is -0.119. The molecule has 1 saturated heterocycles. The summed E-state index contributed by atoms with van der Waals surface area (Å²) in [5.74, 6) is 0.192. The van der Waals surface area contributed by atoms with Crippen LogP contribution in [0.4, 0.5) is 0 Å². The number of piperazine rings is 1. The van der Waals surface area contributed by atoms with Crippen LogP contribution in [0.15, 0.2) is 24.3 Å². The van der Waals surface area contributed by atoms with Crippen molar-refractivity contribution >= 4 is 12.2 Å². The van der Waals surface area contributed by atoms with E-state index in [2.05, 4.69) is 4.90 Å². The molecule has 0 bridgehead atoms. The zero-order valence-electron chi connectivity index (χ0n) is 11.3. The molecule has 1 heterocycles. The molecule has 1 aromatic rings. The van der Waals surface area contributed by atoms with Gasteiger partial charge in [0.15, 0.2) is 5.78 Å². The van der Waals surface area contributed by atoms with Gasteiger partial charge in [-0.25, -0.2) is 0 Å². The van der Waals surface area contributed by atoms with E-state index in [1.165, 1.54) is 5.56 Å². The highest BCUT2D eigenvalue weighted by Gasteiger charge is 2.16. The lowest BCUT2D eigenvalue weighted by Crippen LogP contribution is -2.46. The summed E-state index contributed by atoms with van der Waals surface area (Å²) in [5.41, 5.74) is 1.96. The van der Waals surface area contributed by atoms with Crippen molar-refractivity contribution in [3.8, 4) is 0 Å². The fraction of sp³-hybridized carbons (Fsp3) is 0.467. The fourth-order valence-corrected chi connectivity index (χ4v) is 2.24. The Morgan fingerprint density at radius 2 is 1.79 bits per heavy atom. The molecule has 0 radical (unpaired) electrons. The quantitative estimate of drug-likeness (QED) is 0.592. The van der Waals surface area contributed by atoms with Crippen LogP contribution in [0.1, 0.15) is 22.3 Å². The van der Waals surface area contributed by atoms with Crippen LogP contribution in [0, 0.1) is 6.92 Å². The average molecular weight is 260 g/mol. The first kappa shape index (κ1) is 13.7. The molecule has 4 heteroatoms. The van der Waals surface area contributed by atoms with Gasteiger partial charge in [-0.2, -0.15) is 0 Å². The summed E-state index contributed by atoms with van der Waals surface area (Å²) < 4.78 is 0. The summed E-state index contributed by atoms with van der Waals surface area (Å²) in [6.45, 7) is 6.05. The Balaban J connectivity index is 1.78. The average Bonchev–Trinajstić information content (AvgIpc) is 2.46. The first-order valence-electron chi connectivity index (χ1n) is 6.70. The Bertz CT molecular complexity index is 434. The molecule has 1 aliphatic rings. The molecule has 0 unspecified atom stereocenters. The highest BCUT2D eigenvalue weighted by atomic mass is 16.1. The number of Topliss-reactive ketones (excluding diaryl/α,β-unsaturated/α-hetero) is 1. The second-order valence-electron chi connectivity index (χ2n) is 5.02. The Hall–Kier alpha value is -1.68. The Kier molecular flexibility index (Phi) is 4.68. The van der Waals surface area contributed by atoms with Gasteiger partial charge in [0, 0.05) is 44.7 Å². The number of amides is 1. The van der Waals surface area contributed by atoms with Crippen LogP contribution in [0.3, 0.4) is 0 Å². The van der Waals surface area contributed by atoms with Crippen molar-refractivity contribution in [2.24, 2.45) is 0 Å². The minimum atomic E-state index is 0.192. The number of hydrogen-bond acceptors (Lipinski definition) is 3. The molecule has 102 valence electrons. The summed E-state index contributed by atoms with van der Waals surface area (Å²) in [6.07, 6.45) is 1.44. The Morgan fingerprint density at radius 1 is 1.16 bits per heavy atom. The second kappa shape index (κ2) is 6.48. The number of rotatable bonds is 5. The van der Waals surface area contributed by atoms with Crippen molar-refractivity contribution in [3.05, 3.63) is 35.4 Å². The number of aryl methyl sites for hydroxylation is 1. The van der Waals surface area contributed by atoms with Crippen molar-refractivity contribution in [1.82, 2.24) is 9.80 Å². The SMILES string of the molecule is Cc1ccc(C(=O)CCN2CCN(C=O)CC2)cc1. The van der Waals surface area contributed by atoms with Gasteiger partial charge in [0.1, 0.15) is 0 Å². The lowest BCUT2D eigenvalue weighted by atomic mass is 10.1. The molecular weight excluding hydrogens is 240 g/mol. The highest BCUT2D eigenvalue weighted by Crippen LogP contribution is 2.08. The molecule has 0 aromatic heterocycles. The van der Waals surface area contributed by atoms with E-state index in [9.17, 15) is 9.59 Å². The fourth-order valence-electron chi connectivity index (χ4n) is 2.24.